The van der Waals surface area contributed by atoms with Gasteiger partial charge in [-0.15, -0.1) is 0 Å². The van der Waals surface area contributed by atoms with Gasteiger partial charge in [-0.2, -0.15) is 0 Å². The molecule has 0 aliphatic heterocycles. The predicted molar refractivity (Wildman–Crippen MR) is 54.2 cm³/mol. The van der Waals surface area contributed by atoms with E-state index in [9.17, 15) is 26.3 Å². The van der Waals surface area contributed by atoms with E-state index in [4.69, 9.17) is 0 Å². The fourth-order valence-electron chi connectivity index (χ4n) is 1.53. The van der Waals surface area contributed by atoms with Crippen LogP contribution in [-0.2, 0) is 0 Å². The number of hydrogen-bond donors (Lipinski definition) is 0. The minimum atomic E-state index is -2.30. The van der Waals surface area contributed by atoms with Crippen molar-refractivity contribution in [2.75, 3.05) is 0 Å². The quantitative estimate of drug-likeness (QED) is 0.438. The summed E-state index contributed by atoms with van der Waals surface area (Å²) in [5, 5.41) is 0. The summed E-state index contributed by atoms with van der Waals surface area (Å²) in [5.41, 5.74) is -1.97. The van der Waals surface area contributed by atoms with Crippen molar-refractivity contribution in [3.63, 3.8) is 0 Å². The van der Waals surface area contributed by atoms with Crippen LogP contribution in [-0.4, -0.2) is 4.98 Å². The summed E-state index contributed by atoms with van der Waals surface area (Å²) in [5.74, 6) is -12.0. The van der Waals surface area contributed by atoms with Crippen LogP contribution in [0.2, 0.25) is 0 Å². The van der Waals surface area contributed by atoms with Crippen LogP contribution in [0.15, 0.2) is 12.3 Å². The highest BCUT2D eigenvalue weighted by molar-refractivity contribution is 5.62. The third kappa shape index (κ3) is 2.05. The Labute approximate surface area is 103 Å². The monoisotopic (exact) mass is 277 g/mol. The van der Waals surface area contributed by atoms with Crippen molar-refractivity contribution in [2.45, 2.75) is 6.92 Å². The maximum atomic E-state index is 13.5. The molecule has 2 rings (SSSR count). The van der Waals surface area contributed by atoms with E-state index in [0.29, 0.717) is 5.56 Å². The van der Waals surface area contributed by atoms with E-state index < -0.39 is 46.2 Å². The Balaban J connectivity index is 2.83. The normalized spacial score (nSPS) is 10.9. The third-order valence-corrected chi connectivity index (χ3v) is 2.42. The molecule has 0 fully saturated rings. The highest BCUT2D eigenvalue weighted by Crippen LogP contribution is 2.31. The molecule has 0 saturated heterocycles. The van der Waals surface area contributed by atoms with Crippen LogP contribution >= 0.6 is 0 Å². The highest BCUT2D eigenvalue weighted by Gasteiger charge is 2.28. The number of rotatable bonds is 1. The number of hydrogen-bond acceptors (Lipinski definition) is 1. The van der Waals surface area contributed by atoms with Gasteiger partial charge in [0.15, 0.2) is 23.3 Å². The van der Waals surface area contributed by atoms with Gasteiger partial charge in [0, 0.05) is 6.20 Å². The van der Waals surface area contributed by atoms with E-state index >= 15 is 0 Å². The zero-order valence-electron chi connectivity index (χ0n) is 9.37. The maximum absolute atomic E-state index is 13.5. The van der Waals surface area contributed by atoms with Crippen LogP contribution in [0.5, 0.6) is 0 Å². The van der Waals surface area contributed by atoms with Gasteiger partial charge in [0.05, 0.1) is 5.56 Å². The van der Waals surface area contributed by atoms with E-state index in [1.165, 1.54) is 6.92 Å². The molecule has 0 aliphatic rings. The van der Waals surface area contributed by atoms with Gasteiger partial charge in [0.25, 0.3) is 0 Å². The van der Waals surface area contributed by atoms with Gasteiger partial charge in [-0.05, 0) is 18.6 Å². The minimum absolute atomic E-state index is 0.338. The zero-order chi connectivity index (χ0) is 14.3. The topological polar surface area (TPSA) is 12.9 Å². The van der Waals surface area contributed by atoms with Crippen LogP contribution in [0.4, 0.5) is 26.3 Å². The smallest absolute Gasteiger partial charge is 0.200 e. The second-order valence-corrected chi connectivity index (χ2v) is 3.79. The van der Waals surface area contributed by atoms with Gasteiger partial charge in [-0.3, -0.25) is 4.98 Å². The first kappa shape index (κ1) is 13.4. The van der Waals surface area contributed by atoms with Crippen LogP contribution in [0.1, 0.15) is 5.56 Å². The molecule has 0 unspecified atom stereocenters. The predicted octanol–water partition coefficient (Wildman–Crippen LogP) is 3.89. The first-order chi connectivity index (χ1) is 8.84. The second kappa shape index (κ2) is 4.56. The van der Waals surface area contributed by atoms with Crippen molar-refractivity contribution in [3.8, 4) is 11.3 Å². The van der Waals surface area contributed by atoms with Crippen molar-refractivity contribution >= 4 is 0 Å². The molecule has 1 nitrogen and oxygen atoms in total. The summed E-state index contributed by atoms with van der Waals surface area (Å²) < 4.78 is 79.2. The molecule has 0 spiro atoms. The van der Waals surface area contributed by atoms with Gasteiger partial charge in [0.1, 0.15) is 11.5 Å². The lowest BCUT2D eigenvalue weighted by Crippen LogP contribution is -2.06. The van der Waals surface area contributed by atoms with Gasteiger partial charge >= 0.3 is 0 Å². The fraction of sp³-hybridized carbons (Fsp3) is 0.0833. The second-order valence-electron chi connectivity index (χ2n) is 3.79. The number of halogens is 6. The van der Waals surface area contributed by atoms with E-state index in [0.717, 1.165) is 12.3 Å². The van der Waals surface area contributed by atoms with Crippen LogP contribution in [0.25, 0.3) is 11.3 Å². The average molecular weight is 277 g/mol. The van der Waals surface area contributed by atoms with E-state index in [2.05, 4.69) is 4.98 Å². The van der Waals surface area contributed by atoms with E-state index in [1.54, 1.807) is 0 Å². The molecule has 0 bridgehead atoms. The Morgan fingerprint density at radius 3 is 1.74 bits per heavy atom. The Hall–Kier alpha value is -2.05. The lowest BCUT2D eigenvalue weighted by Gasteiger charge is -2.08. The van der Waals surface area contributed by atoms with Crippen LogP contribution in [0, 0.1) is 41.8 Å². The van der Waals surface area contributed by atoms with E-state index in [1.807, 2.05) is 0 Å². The number of pyridine rings is 1. The zero-order valence-corrected chi connectivity index (χ0v) is 9.37. The third-order valence-electron chi connectivity index (χ3n) is 2.42. The molecular weight excluding hydrogens is 272 g/mol. The average Bonchev–Trinajstić information content (AvgIpc) is 2.37. The summed E-state index contributed by atoms with van der Waals surface area (Å²) in [6.07, 6.45) is 1.05. The number of aromatic nitrogens is 1. The molecule has 0 amide bonds. The summed E-state index contributed by atoms with van der Waals surface area (Å²) >= 11 is 0. The van der Waals surface area contributed by atoms with Crippen LogP contribution < -0.4 is 0 Å². The van der Waals surface area contributed by atoms with Crippen LogP contribution in [0.3, 0.4) is 0 Å². The molecule has 1 heterocycles. The van der Waals surface area contributed by atoms with Gasteiger partial charge < -0.3 is 0 Å². The molecule has 100 valence electrons. The minimum Gasteiger partial charge on any atom is -0.253 e. The number of nitrogens with zero attached hydrogens (tertiary/aromatic N) is 1. The van der Waals surface area contributed by atoms with Crippen molar-refractivity contribution in [3.05, 3.63) is 52.7 Å². The largest absolute Gasteiger partial charge is 0.253 e. The lowest BCUT2D eigenvalue weighted by atomic mass is 10.1. The van der Waals surface area contributed by atoms with E-state index in [-0.39, 0.29) is 0 Å². The summed E-state index contributed by atoms with van der Waals surface area (Å²) in [6.45, 7) is 1.46. The Bertz CT molecular complexity index is 639. The van der Waals surface area contributed by atoms with Crippen molar-refractivity contribution in [1.82, 2.24) is 4.98 Å². The fourth-order valence-corrected chi connectivity index (χ4v) is 1.53. The molecule has 0 aliphatic carbocycles. The first-order valence-corrected chi connectivity index (χ1v) is 4.98. The molecule has 0 saturated carbocycles. The molecule has 0 atom stereocenters. The summed E-state index contributed by atoms with van der Waals surface area (Å²) in [7, 11) is 0. The highest BCUT2D eigenvalue weighted by atomic mass is 19.2. The van der Waals surface area contributed by atoms with Gasteiger partial charge in [-0.25, -0.2) is 26.3 Å². The Morgan fingerprint density at radius 1 is 0.789 bits per heavy atom. The molecule has 0 N–H and O–H groups in total. The number of aryl methyl sites for hydroxylation is 1. The number of benzene rings is 1. The summed E-state index contributed by atoms with van der Waals surface area (Å²) in [4.78, 5) is 3.37. The first-order valence-electron chi connectivity index (χ1n) is 4.98. The molecule has 7 heteroatoms. The summed E-state index contributed by atoms with van der Waals surface area (Å²) in [6, 6.07) is 0.875. The Kier molecular flexibility index (Phi) is 3.21. The van der Waals surface area contributed by atoms with Crippen molar-refractivity contribution < 1.29 is 26.3 Å². The van der Waals surface area contributed by atoms with Gasteiger partial charge in [0.2, 0.25) is 5.82 Å². The Morgan fingerprint density at radius 2 is 1.26 bits per heavy atom. The maximum Gasteiger partial charge on any atom is 0.200 e. The van der Waals surface area contributed by atoms with Crippen molar-refractivity contribution in [2.24, 2.45) is 0 Å². The molecular formula is C12H5F6N. The van der Waals surface area contributed by atoms with Crippen molar-refractivity contribution in [1.29, 1.82) is 0 Å². The standard InChI is InChI=1S/C12H5F6N/c1-4-2-5(13)12(19-3-4)6-7(14)9(16)11(18)10(17)8(6)15/h2-3H,1H3. The lowest BCUT2D eigenvalue weighted by molar-refractivity contribution is 0.380. The molecule has 19 heavy (non-hydrogen) atoms. The molecule has 1 aromatic heterocycles. The molecule has 2 aromatic rings. The SMILES string of the molecule is Cc1cnc(-c2c(F)c(F)c(F)c(F)c2F)c(F)c1. The molecule has 0 radical (unpaired) electrons. The molecule has 1 aromatic carbocycles. The van der Waals surface area contributed by atoms with Gasteiger partial charge in [-0.1, -0.05) is 0 Å².